The van der Waals surface area contributed by atoms with Crippen LogP contribution in [0.1, 0.15) is 32.6 Å². The molecule has 1 aromatic heterocycles. The molecule has 2 atom stereocenters. The van der Waals surface area contributed by atoms with Crippen LogP contribution >= 0.6 is 0 Å². The Bertz CT molecular complexity index is 337. The van der Waals surface area contributed by atoms with Gasteiger partial charge in [-0.05, 0) is 55.6 Å². The summed E-state index contributed by atoms with van der Waals surface area (Å²) in [6.07, 6.45) is 9.38. The molecule has 0 amide bonds. The van der Waals surface area contributed by atoms with Crippen LogP contribution in [-0.4, -0.2) is 11.1 Å². The number of aromatic nitrogens is 1. The van der Waals surface area contributed by atoms with E-state index in [1.807, 2.05) is 12.1 Å². The lowest BCUT2D eigenvalue weighted by atomic mass is 9.78. The van der Waals surface area contributed by atoms with E-state index in [1.54, 1.807) is 12.4 Å². The number of rotatable bonds is 2. The van der Waals surface area contributed by atoms with E-state index >= 15 is 0 Å². The maximum atomic E-state index is 6.04. The van der Waals surface area contributed by atoms with Crippen LogP contribution in [0.5, 0.6) is 5.75 Å². The molecular formula is C14H19NO. The molecule has 1 aromatic rings. The van der Waals surface area contributed by atoms with Crippen LogP contribution in [0, 0.1) is 17.8 Å². The molecule has 2 saturated carbocycles. The standard InChI is InChI=1S/C14H19NO/c1-10-11-2-3-12(10)9-14(8-11)16-13-4-6-15-7-5-13/h4-7,10-12,14H,2-3,8-9H2,1H3. The van der Waals surface area contributed by atoms with Crippen molar-refractivity contribution in [2.24, 2.45) is 17.8 Å². The third-order valence-corrected chi connectivity index (χ3v) is 4.48. The molecule has 0 aromatic carbocycles. The van der Waals surface area contributed by atoms with Gasteiger partial charge in [-0.3, -0.25) is 4.98 Å². The Morgan fingerprint density at radius 2 is 1.75 bits per heavy atom. The first-order valence-corrected chi connectivity index (χ1v) is 6.39. The normalized spacial score (nSPS) is 37.3. The second-order valence-corrected chi connectivity index (χ2v) is 5.35. The largest absolute Gasteiger partial charge is 0.490 e. The minimum Gasteiger partial charge on any atom is -0.490 e. The van der Waals surface area contributed by atoms with Crippen molar-refractivity contribution in [1.29, 1.82) is 0 Å². The fourth-order valence-corrected chi connectivity index (χ4v) is 3.48. The van der Waals surface area contributed by atoms with Gasteiger partial charge in [-0.2, -0.15) is 0 Å². The molecule has 0 aliphatic heterocycles. The molecule has 2 nitrogen and oxygen atoms in total. The molecule has 3 rings (SSSR count). The first-order valence-electron chi connectivity index (χ1n) is 6.39. The highest BCUT2D eigenvalue weighted by atomic mass is 16.5. The molecule has 2 bridgehead atoms. The third kappa shape index (κ3) is 1.81. The Morgan fingerprint density at radius 1 is 1.12 bits per heavy atom. The number of pyridine rings is 1. The average Bonchev–Trinajstić information content (AvgIpc) is 2.54. The highest BCUT2D eigenvalue weighted by molar-refractivity contribution is 5.17. The smallest absolute Gasteiger partial charge is 0.122 e. The van der Waals surface area contributed by atoms with Gasteiger partial charge in [0.15, 0.2) is 0 Å². The van der Waals surface area contributed by atoms with Crippen molar-refractivity contribution in [2.45, 2.75) is 38.7 Å². The number of fused-ring (bicyclic) bond motifs is 2. The van der Waals surface area contributed by atoms with Crippen LogP contribution in [0.2, 0.25) is 0 Å². The Hall–Kier alpha value is -1.05. The van der Waals surface area contributed by atoms with Gasteiger partial charge in [0.1, 0.15) is 5.75 Å². The van der Waals surface area contributed by atoms with Crippen LogP contribution < -0.4 is 4.74 Å². The highest BCUT2D eigenvalue weighted by Gasteiger charge is 2.40. The van der Waals surface area contributed by atoms with E-state index < -0.39 is 0 Å². The van der Waals surface area contributed by atoms with Crippen molar-refractivity contribution in [3.05, 3.63) is 24.5 Å². The molecule has 0 radical (unpaired) electrons. The lowest BCUT2D eigenvalue weighted by molar-refractivity contribution is 0.0863. The van der Waals surface area contributed by atoms with Crippen molar-refractivity contribution >= 4 is 0 Å². The summed E-state index contributed by atoms with van der Waals surface area (Å²) in [5.41, 5.74) is 0. The minimum atomic E-state index is 0.441. The van der Waals surface area contributed by atoms with Gasteiger partial charge in [-0.25, -0.2) is 0 Å². The van der Waals surface area contributed by atoms with Crippen LogP contribution in [0.3, 0.4) is 0 Å². The average molecular weight is 217 g/mol. The molecule has 2 fully saturated rings. The van der Waals surface area contributed by atoms with E-state index in [-0.39, 0.29) is 0 Å². The number of nitrogens with zero attached hydrogens (tertiary/aromatic N) is 1. The Labute approximate surface area is 97.0 Å². The van der Waals surface area contributed by atoms with Gasteiger partial charge in [-0.15, -0.1) is 0 Å². The number of ether oxygens (including phenoxy) is 1. The quantitative estimate of drug-likeness (QED) is 0.758. The Balaban J connectivity index is 1.66. The zero-order valence-electron chi connectivity index (χ0n) is 9.80. The summed E-state index contributed by atoms with van der Waals surface area (Å²) in [6.45, 7) is 2.42. The molecule has 1 heterocycles. The van der Waals surface area contributed by atoms with Crippen molar-refractivity contribution in [1.82, 2.24) is 4.98 Å². The second-order valence-electron chi connectivity index (χ2n) is 5.35. The summed E-state index contributed by atoms with van der Waals surface area (Å²) in [5, 5.41) is 0. The molecule has 0 N–H and O–H groups in total. The van der Waals surface area contributed by atoms with Crippen molar-refractivity contribution < 1.29 is 4.74 Å². The zero-order valence-corrected chi connectivity index (χ0v) is 9.80. The van der Waals surface area contributed by atoms with Gasteiger partial charge in [0.05, 0.1) is 6.10 Å². The maximum Gasteiger partial charge on any atom is 0.122 e. The molecule has 2 aliphatic carbocycles. The maximum absolute atomic E-state index is 6.04. The van der Waals surface area contributed by atoms with Gasteiger partial charge < -0.3 is 4.74 Å². The molecule has 86 valence electrons. The van der Waals surface area contributed by atoms with Gasteiger partial charge in [0.2, 0.25) is 0 Å². The Morgan fingerprint density at radius 3 is 2.38 bits per heavy atom. The number of hydrogen-bond acceptors (Lipinski definition) is 2. The SMILES string of the molecule is CC1C2CCC1CC(Oc1ccncc1)C2. The van der Waals surface area contributed by atoms with Crippen molar-refractivity contribution in [2.75, 3.05) is 0 Å². The number of hydrogen-bond donors (Lipinski definition) is 0. The van der Waals surface area contributed by atoms with E-state index in [0.717, 1.165) is 23.5 Å². The fourth-order valence-electron chi connectivity index (χ4n) is 3.48. The van der Waals surface area contributed by atoms with E-state index in [1.165, 1.54) is 25.7 Å². The third-order valence-electron chi connectivity index (χ3n) is 4.48. The molecule has 2 heteroatoms. The fraction of sp³-hybridized carbons (Fsp3) is 0.643. The van der Waals surface area contributed by atoms with Gasteiger partial charge in [0.25, 0.3) is 0 Å². The minimum absolute atomic E-state index is 0.441. The molecule has 0 spiro atoms. The van der Waals surface area contributed by atoms with Crippen LogP contribution in [0.15, 0.2) is 24.5 Å². The van der Waals surface area contributed by atoms with Crippen molar-refractivity contribution in [3.63, 3.8) is 0 Å². The van der Waals surface area contributed by atoms with Crippen LogP contribution in [0.25, 0.3) is 0 Å². The van der Waals surface area contributed by atoms with Gasteiger partial charge >= 0.3 is 0 Å². The summed E-state index contributed by atoms with van der Waals surface area (Å²) in [6, 6.07) is 3.92. The predicted octanol–water partition coefficient (Wildman–Crippen LogP) is 3.29. The lowest BCUT2D eigenvalue weighted by Gasteiger charge is -2.33. The van der Waals surface area contributed by atoms with Crippen molar-refractivity contribution in [3.8, 4) is 5.75 Å². The molecule has 2 aliphatic rings. The molecular weight excluding hydrogens is 198 g/mol. The van der Waals surface area contributed by atoms with E-state index in [4.69, 9.17) is 4.74 Å². The first kappa shape index (κ1) is 10.1. The topological polar surface area (TPSA) is 22.1 Å². The molecule has 2 unspecified atom stereocenters. The summed E-state index contributed by atoms with van der Waals surface area (Å²) in [4.78, 5) is 4.01. The second kappa shape index (κ2) is 4.08. The Kier molecular flexibility index (Phi) is 2.58. The van der Waals surface area contributed by atoms with Crippen LogP contribution in [0.4, 0.5) is 0 Å². The molecule has 16 heavy (non-hydrogen) atoms. The summed E-state index contributed by atoms with van der Waals surface area (Å²) < 4.78 is 6.04. The summed E-state index contributed by atoms with van der Waals surface area (Å²) in [7, 11) is 0. The predicted molar refractivity (Wildman–Crippen MR) is 63.3 cm³/mol. The van der Waals surface area contributed by atoms with Crippen LogP contribution in [-0.2, 0) is 0 Å². The van der Waals surface area contributed by atoms with E-state index in [0.29, 0.717) is 6.10 Å². The van der Waals surface area contributed by atoms with E-state index in [2.05, 4.69) is 11.9 Å². The van der Waals surface area contributed by atoms with E-state index in [9.17, 15) is 0 Å². The monoisotopic (exact) mass is 217 g/mol. The summed E-state index contributed by atoms with van der Waals surface area (Å²) in [5.74, 6) is 3.72. The van der Waals surface area contributed by atoms with Gasteiger partial charge in [-0.1, -0.05) is 6.92 Å². The summed E-state index contributed by atoms with van der Waals surface area (Å²) >= 11 is 0. The highest BCUT2D eigenvalue weighted by Crippen LogP contribution is 2.47. The van der Waals surface area contributed by atoms with Gasteiger partial charge in [0, 0.05) is 12.4 Å². The lowest BCUT2D eigenvalue weighted by Crippen LogP contribution is -2.31. The molecule has 0 saturated heterocycles. The first-order chi connectivity index (χ1) is 7.83. The zero-order chi connectivity index (χ0) is 11.0.